The van der Waals surface area contributed by atoms with Crippen molar-refractivity contribution in [3.63, 3.8) is 0 Å². The molecule has 122 valence electrons. The van der Waals surface area contributed by atoms with Crippen molar-refractivity contribution in [2.75, 3.05) is 13.7 Å². The van der Waals surface area contributed by atoms with Crippen molar-refractivity contribution in [3.05, 3.63) is 0 Å². The fourth-order valence-corrected chi connectivity index (χ4v) is 2.76. The molecule has 0 aromatic carbocycles. The van der Waals surface area contributed by atoms with E-state index in [-0.39, 0.29) is 12.1 Å². The number of aliphatic carboxylic acids is 1. The van der Waals surface area contributed by atoms with Crippen LogP contribution in [0.3, 0.4) is 0 Å². The zero-order valence-corrected chi connectivity index (χ0v) is 13.1. The minimum absolute atomic E-state index is 0.140. The number of ether oxygens (including phenoxy) is 1. The summed E-state index contributed by atoms with van der Waals surface area (Å²) in [6, 6.07) is -1.10. The number of carbonyl (C=O) groups is 2. The van der Waals surface area contributed by atoms with Crippen molar-refractivity contribution >= 4 is 12.0 Å². The van der Waals surface area contributed by atoms with Crippen LogP contribution in [-0.2, 0) is 9.53 Å². The summed E-state index contributed by atoms with van der Waals surface area (Å²) in [6.45, 7) is 2.64. The van der Waals surface area contributed by atoms with Crippen LogP contribution in [0.15, 0.2) is 0 Å². The van der Waals surface area contributed by atoms with Gasteiger partial charge in [0.25, 0.3) is 0 Å². The molecule has 0 radical (unpaired) electrons. The molecule has 21 heavy (non-hydrogen) atoms. The lowest BCUT2D eigenvalue weighted by Gasteiger charge is -2.24. The summed E-state index contributed by atoms with van der Waals surface area (Å²) in [5.41, 5.74) is 0. The van der Waals surface area contributed by atoms with Gasteiger partial charge in [-0.3, -0.25) is 0 Å². The molecule has 0 aliphatic heterocycles. The maximum atomic E-state index is 12.0. The molecular weight excluding hydrogens is 272 g/mol. The van der Waals surface area contributed by atoms with E-state index in [0.29, 0.717) is 25.4 Å². The molecule has 6 heteroatoms. The van der Waals surface area contributed by atoms with Gasteiger partial charge in [0.05, 0.1) is 0 Å². The molecule has 1 saturated carbocycles. The minimum atomic E-state index is -1.00. The van der Waals surface area contributed by atoms with Gasteiger partial charge >= 0.3 is 12.0 Å². The van der Waals surface area contributed by atoms with Gasteiger partial charge in [-0.05, 0) is 31.6 Å². The molecule has 3 unspecified atom stereocenters. The lowest BCUT2D eigenvalue weighted by molar-refractivity contribution is -0.139. The predicted molar refractivity (Wildman–Crippen MR) is 80.2 cm³/mol. The number of hydrogen-bond acceptors (Lipinski definition) is 3. The average Bonchev–Trinajstić information content (AvgIpc) is 2.63. The molecule has 0 aromatic heterocycles. The molecule has 3 atom stereocenters. The Kier molecular flexibility index (Phi) is 8.12. The summed E-state index contributed by atoms with van der Waals surface area (Å²) in [5, 5.41) is 14.6. The molecule has 6 nitrogen and oxygen atoms in total. The van der Waals surface area contributed by atoms with Gasteiger partial charge in [-0.25, -0.2) is 9.59 Å². The topological polar surface area (TPSA) is 87.7 Å². The Hall–Kier alpha value is -1.30. The zero-order valence-electron chi connectivity index (χ0n) is 13.1. The van der Waals surface area contributed by atoms with E-state index in [2.05, 4.69) is 17.6 Å². The summed E-state index contributed by atoms with van der Waals surface area (Å²) >= 11 is 0. The van der Waals surface area contributed by atoms with Crippen molar-refractivity contribution in [2.24, 2.45) is 5.92 Å². The van der Waals surface area contributed by atoms with E-state index in [0.717, 1.165) is 19.3 Å². The van der Waals surface area contributed by atoms with E-state index in [1.54, 1.807) is 7.11 Å². The lowest BCUT2D eigenvalue weighted by Crippen LogP contribution is -2.50. The van der Waals surface area contributed by atoms with E-state index < -0.39 is 12.0 Å². The number of carbonyl (C=O) groups excluding carboxylic acids is 1. The number of amides is 2. The fourth-order valence-electron chi connectivity index (χ4n) is 2.76. The van der Waals surface area contributed by atoms with Crippen LogP contribution in [0, 0.1) is 5.92 Å². The predicted octanol–water partition coefficient (Wildman–Crippen LogP) is 2.13. The molecule has 0 aromatic rings. The molecular formula is C15H28N2O4. The Balaban J connectivity index is 2.43. The van der Waals surface area contributed by atoms with Gasteiger partial charge in [0.2, 0.25) is 0 Å². The Morgan fingerprint density at radius 1 is 1.29 bits per heavy atom. The highest BCUT2D eigenvalue weighted by atomic mass is 16.5. The van der Waals surface area contributed by atoms with Crippen LogP contribution in [0.1, 0.15) is 51.9 Å². The Morgan fingerprint density at radius 2 is 2.00 bits per heavy atom. The molecule has 1 aliphatic carbocycles. The van der Waals surface area contributed by atoms with Gasteiger partial charge in [-0.2, -0.15) is 0 Å². The van der Waals surface area contributed by atoms with Crippen molar-refractivity contribution in [1.82, 2.24) is 10.6 Å². The molecule has 1 rings (SSSR count). The number of nitrogens with one attached hydrogen (secondary N) is 2. The number of methoxy groups -OCH3 is 1. The number of hydrogen-bond donors (Lipinski definition) is 3. The highest BCUT2D eigenvalue weighted by Gasteiger charge is 2.24. The fraction of sp³-hybridized carbons (Fsp3) is 0.867. The second kappa shape index (κ2) is 9.60. The van der Waals surface area contributed by atoms with Gasteiger partial charge in [0.1, 0.15) is 6.04 Å². The molecule has 3 N–H and O–H groups in total. The third kappa shape index (κ3) is 6.80. The second-order valence-corrected chi connectivity index (χ2v) is 5.87. The zero-order chi connectivity index (χ0) is 15.7. The summed E-state index contributed by atoms with van der Waals surface area (Å²) in [6.07, 6.45) is 6.58. The van der Waals surface area contributed by atoms with Crippen molar-refractivity contribution < 1.29 is 19.4 Å². The standard InChI is InChI=1S/C15H28N2O4/c1-11-7-4-3-5-8-12(11)16-15(20)17-13(14(18)19)9-6-10-21-2/h11-13H,3-10H2,1-2H3,(H,18,19)(H2,16,17,20). The largest absolute Gasteiger partial charge is 0.480 e. The SMILES string of the molecule is COCCCC(NC(=O)NC1CCCCCC1C)C(=O)O. The Labute approximate surface area is 126 Å². The molecule has 0 bridgehead atoms. The lowest BCUT2D eigenvalue weighted by atomic mass is 9.97. The summed E-state index contributed by atoms with van der Waals surface area (Å²) in [7, 11) is 1.57. The maximum Gasteiger partial charge on any atom is 0.326 e. The van der Waals surface area contributed by atoms with E-state index in [1.807, 2.05) is 0 Å². The molecule has 0 saturated heterocycles. The van der Waals surface area contributed by atoms with Gasteiger partial charge in [-0.1, -0.05) is 26.2 Å². The first-order valence-electron chi connectivity index (χ1n) is 7.83. The Bertz CT molecular complexity index is 336. The molecule has 2 amide bonds. The Morgan fingerprint density at radius 3 is 2.67 bits per heavy atom. The van der Waals surface area contributed by atoms with Crippen LogP contribution < -0.4 is 10.6 Å². The number of rotatable bonds is 7. The normalized spacial score (nSPS) is 23.9. The molecule has 0 heterocycles. The number of carboxylic acid groups (broad SMARTS) is 1. The first kappa shape index (κ1) is 17.8. The monoisotopic (exact) mass is 300 g/mol. The molecule has 1 aliphatic rings. The molecule has 1 fully saturated rings. The van der Waals surface area contributed by atoms with Gasteiger partial charge in [0, 0.05) is 19.8 Å². The van der Waals surface area contributed by atoms with Crippen LogP contribution in [0.4, 0.5) is 4.79 Å². The van der Waals surface area contributed by atoms with Crippen molar-refractivity contribution in [3.8, 4) is 0 Å². The van der Waals surface area contributed by atoms with Gasteiger partial charge in [0.15, 0.2) is 0 Å². The van der Waals surface area contributed by atoms with Crippen LogP contribution >= 0.6 is 0 Å². The van der Waals surface area contributed by atoms with E-state index in [1.165, 1.54) is 12.8 Å². The minimum Gasteiger partial charge on any atom is -0.480 e. The number of carboxylic acids is 1. The van der Waals surface area contributed by atoms with E-state index in [4.69, 9.17) is 9.84 Å². The second-order valence-electron chi connectivity index (χ2n) is 5.87. The summed E-state index contributed by atoms with van der Waals surface area (Å²) in [5.74, 6) is -0.565. The number of urea groups is 1. The van der Waals surface area contributed by atoms with Crippen molar-refractivity contribution in [1.29, 1.82) is 0 Å². The van der Waals surface area contributed by atoms with Crippen LogP contribution in [0.2, 0.25) is 0 Å². The quantitative estimate of drug-likeness (QED) is 0.496. The van der Waals surface area contributed by atoms with Crippen LogP contribution in [-0.4, -0.2) is 42.9 Å². The molecule has 0 spiro atoms. The third-order valence-corrected chi connectivity index (χ3v) is 4.12. The van der Waals surface area contributed by atoms with Gasteiger partial charge in [-0.15, -0.1) is 0 Å². The highest BCUT2D eigenvalue weighted by Crippen LogP contribution is 2.22. The van der Waals surface area contributed by atoms with Crippen molar-refractivity contribution in [2.45, 2.75) is 64.0 Å². The smallest absolute Gasteiger partial charge is 0.326 e. The van der Waals surface area contributed by atoms with E-state index >= 15 is 0 Å². The van der Waals surface area contributed by atoms with Crippen LogP contribution in [0.25, 0.3) is 0 Å². The summed E-state index contributed by atoms with van der Waals surface area (Å²) < 4.78 is 4.91. The van der Waals surface area contributed by atoms with Crippen LogP contribution in [0.5, 0.6) is 0 Å². The highest BCUT2D eigenvalue weighted by molar-refractivity contribution is 5.82. The average molecular weight is 300 g/mol. The first-order chi connectivity index (χ1) is 10.0. The van der Waals surface area contributed by atoms with E-state index in [9.17, 15) is 9.59 Å². The first-order valence-corrected chi connectivity index (χ1v) is 7.83. The third-order valence-electron chi connectivity index (χ3n) is 4.12. The van der Waals surface area contributed by atoms with Gasteiger partial charge < -0.3 is 20.5 Å². The summed E-state index contributed by atoms with van der Waals surface area (Å²) in [4.78, 5) is 23.2. The maximum absolute atomic E-state index is 12.0.